The molecule has 0 spiro atoms. The van der Waals surface area contributed by atoms with Gasteiger partial charge >= 0.3 is 5.97 Å². The summed E-state index contributed by atoms with van der Waals surface area (Å²) in [5.41, 5.74) is 1.64. The van der Waals surface area contributed by atoms with Crippen LogP contribution in [0.3, 0.4) is 0 Å². The first-order valence-corrected chi connectivity index (χ1v) is 14.5. The Morgan fingerprint density at radius 3 is 1.67 bits per heavy atom. The van der Waals surface area contributed by atoms with Crippen LogP contribution in [-0.2, 0) is 38.0 Å². The number of hydrogen-bond acceptors (Lipinski definition) is 11. The molecule has 0 saturated carbocycles. The Morgan fingerprint density at radius 2 is 1.19 bits per heavy atom. The molecule has 234 valence electrons. The average molecular weight is 612 g/mol. The van der Waals surface area contributed by atoms with Gasteiger partial charge in [-0.05, 0) is 26.0 Å². The summed E-state index contributed by atoms with van der Waals surface area (Å²) in [7, 11) is 0. The minimum atomic E-state index is -0.886. The molecule has 0 fully saturated rings. The van der Waals surface area contributed by atoms with Gasteiger partial charge in [-0.1, -0.05) is 12.1 Å². The number of aliphatic carboxylic acids is 1. The van der Waals surface area contributed by atoms with Gasteiger partial charge in [-0.15, -0.1) is 11.3 Å². The van der Waals surface area contributed by atoms with Crippen LogP contribution in [0.2, 0.25) is 0 Å². The summed E-state index contributed by atoms with van der Waals surface area (Å²) in [6.07, 6.45) is 0.119. The van der Waals surface area contributed by atoms with Gasteiger partial charge in [0.05, 0.1) is 109 Å². The standard InChI is InChI=1S/C28H41N3O10S/c1-21-22(2)42-28(29-21)31-27(35)23-5-3-4-6-24(23)30-25(32)7-9-36-11-13-38-15-17-40-19-20-41-18-16-39-14-12-37-10-8-26(33)34/h3-6H,7-20H2,1-2H3,(H,30,32)(H,33,34)(H,29,31,35). The number of ether oxygens (including phenoxy) is 6. The van der Waals surface area contributed by atoms with E-state index in [0.29, 0.717) is 82.5 Å². The van der Waals surface area contributed by atoms with Crippen molar-refractivity contribution in [2.75, 3.05) is 89.9 Å². The van der Waals surface area contributed by atoms with Crippen LogP contribution >= 0.6 is 11.3 Å². The molecule has 3 N–H and O–H groups in total. The predicted octanol–water partition coefficient (Wildman–Crippen LogP) is 2.92. The number of aromatic nitrogens is 1. The first-order chi connectivity index (χ1) is 20.4. The lowest BCUT2D eigenvalue weighted by atomic mass is 10.1. The van der Waals surface area contributed by atoms with Gasteiger partial charge in [0.25, 0.3) is 5.91 Å². The summed E-state index contributed by atoms with van der Waals surface area (Å²) in [5, 5.41) is 14.6. The highest BCUT2D eigenvalue weighted by atomic mass is 32.1. The molecule has 0 aliphatic carbocycles. The van der Waals surface area contributed by atoms with Gasteiger partial charge in [-0.2, -0.15) is 0 Å². The second kappa shape index (κ2) is 21.7. The molecule has 0 unspecified atom stereocenters. The summed E-state index contributed by atoms with van der Waals surface area (Å²) in [6, 6.07) is 6.81. The van der Waals surface area contributed by atoms with E-state index in [9.17, 15) is 14.4 Å². The largest absolute Gasteiger partial charge is 0.481 e. The molecule has 2 amide bonds. The second-order valence-electron chi connectivity index (χ2n) is 8.78. The van der Waals surface area contributed by atoms with Crippen LogP contribution < -0.4 is 10.6 Å². The third kappa shape index (κ3) is 15.9. The number of nitrogens with zero attached hydrogens (tertiary/aromatic N) is 1. The normalized spacial score (nSPS) is 11.0. The first-order valence-electron chi connectivity index (χ1n) is 13.7. The van der Waals surface area contributed by atoms with Crippen molar-refractivity contribution in [2.45, 2.75) is 26.7 Å². The van der Waals surface area contributed by atoms with Crippen LogP contribution in [-0.4, -0.2) is 107 Å². The number of carbonyl (C=O) groups excluding carboxylic acids is 2. The fraction of sp³-hybridized carbons (Fsp3) is 0.571. The Hall–Kier alpha value is -2.98. The first kappa shape index (κ1) is 35.2. The van der Waals surface area contributed by atoms with Crippen molar-refractivity contribution >= 4 is 39.9 Å². The molecule has 1 aromatic heterocycles. The maximum Gasteiger partial charge on any atom is 0.305 e. The summed E-state index contributed by atoms with van der Waals surface area (Å²) in [4.78, 5) is 40.8. The van der Waals surface area contributed by atoms with Crippen molar-refractivity contribution in [3.63, 3.8) is 0 Å². The molecular weight excluding hydrogens is 570 g/mol. The summed E-state index contributed by atoms with van der Waals surface area (Å²) < 4.78 is 32.1. The number of hydrogen-bond donors (Lipinski definition) is 3. The SMILES string of the molecule is Cc1nc(NC(=O)c2ccccc2NC(=O)CCOCCOCCOCCOCCOCCOCCC(=O)O)sc1C. The monoisotopic (exact) mass is 611 g/mol. The maximum absolute atomic E-state index is 12.7. The number of carbonyl (C=O) groups is 3. The van der Waals surface area contributed by atoms with Gasteiger partial charge in [0, 0.05) is 4.88 Å². The Morgan fingerprint density at radius 1 is 0.714 bits per heavy atom. The van der Waals surface area contributed by atoms with Crippen molar-refractivity contribution in [1.29, 1.82) is 0 Å². The zero-order valence-corrected chi connectivity index (χ0v) is 25.0. The number of amides is 2. The average Bonchev–Trinajstić information content (AvgIpc) is 3.27. The molecule has 0 bridgehead atoms. The molecule has 0 saturated heterocycles. The van der Waals surface area contributed by atoms with E-state index in [2.05, 4.69) is 15.6 Å². The summed E-state index contributed by atoms with van der Waals surface area (Å²) >= 11 is 1.40. The minimum Gasteiger partial charge on any atom is -0.481 e. The Labute approximate surface area is 249 Å². The zero-order chi connectivity index (χ0) is 30.4. The van der Waals surface area contributed by atoms with Gasteiger partial charge in [0.15, 0.2) is 5.13 Å². The number of benzene rings is 1. The highest BCUT2D eigenvalue weighted by Gasteiger charge is 2.15. The van der Waals surface area contributed by atoms with E-state index in [1.165, 1.54) is 11.3 Å². The summed E-state index contributed by atoms with van der Waals surface area (Å²) in [5.74, 6) is -1.49. The predicted molar refractivity (Wildman–Crippen MR) is 156 cm³/mol. The maximum atomic E-state index is 12.7. The minimum absolute atomic E-state index is 0.0158. The number of aryl methyl sites for hydroxylation is 2. The number of para-hydroxylation sites is 1. The summed E-state index contributed by atoms with van der Waals surface area (Å²) in [6.45, 7) is 8.22. The molecule has 1 heterocycles. The Bertz CT molecular complexity index is 1060. The molecule has 0 aliphatic heterocycles. The van der Waals surface area contributed by atoms with Crippen molar-refractivity contribution in [3.8, 4) is 0 Å². The fourth-order valence-electron chi connectivity index (χ4n) is 3.22. The highest BCUT2D eigenvalue weighted by molar-refractivity contribution is 7.15. The van der Waals surface area contributed by atoms with E-state index < -0.39 is 5.97 Å². The molecule has 2 rings (SSSR count). The molecule has 0 radical (unpaired) electrons. The van der Waals surface area contributed by atoms with E-state index in [1.54, 1.807) is 24.3 Å². The third-order valence-corrected chi connectivity index (χ3v) is 6.48. The van der Waals surface area contributed by atoms with Crippen LogP contribution in [0.4, 0.5) is 10.8 Å². The topological polar surface area (TPSA) is 164 Å². The number of carboxylic acids is 1. The van der Waals surface area contributed by atoms with Crippen molar-refractivity contribution in [3.05, 3.63) is 40.4 Å². The van der Waals surface area contributed by atoms with Crippen molar-refractivity contribution in [2.24, 2.45) is 0 Å². The van der Waals surface area contributed by atoms with E-state index in [4.69, 9.17) is 33.5 Å². The van der Waals surface area contributed by atoms with E-state index in [0.717, 1.165) is 10.6 Å². The van der Waals surface area contributed by atoms with Crippen LogP contribution in [0, 0.1) is 13.8 Å². The molecule has 13 nitrogen and oxygen atoms in total. The molecule has 0 aliphatic rings. The lowest BCUT2D eigenvalue weighted by Crippen LogP contribution is -2.19. The molecular formula is C28H41N3O10S. The lowest BCUT2D eigenvalue weighted by molar-refractivity contribution is -0.138. The number of rotatable bonds is 24. The van der Waals surface area contributed by atoms with Crippen molar-refractivity contribution in [1.82, 2.24) is 4.98 Å². The Kier molecular flexibility index (Phi) is 18.2. The zero-order valence-electron chi connectivity index (χ0n) is 24.2. The van der Waals surface area contributed by atoms with E-state index in [-0.39, 0.29) is 37.9 Å². The molecule has 0 atom stereocenters. The van der Waals surface area contributed by atoms with Gasteiger partial charge < -0.3 is 38.8 Å². The lowest BCUT2D eigenvalue weighted by Gasteiger charge is -2.11. The highest BCUT2D eigenvalue weighted by Crippen LogP contribution is 2.23. The van der Waals surface area contributed by atoms with Gasteiger partial charge in [0.2, 0.25) is 5.91 Å². The number of anilines is 2. The van der Waals surface area contributed by atoms with E-state index >= 15 is 0 Å². The Balaban J connectivity index is 1.41. The van der Waals surface area contributed by atoms with Crippen molar-refractivity contribution < 1.29 is 47.9 Å². The quantitative estimate of drug-likeness (QED) is 0.150. The fourth-order valence-corrected chi connectivity index (χ4v) is 4.03. The van der Waals surface area contributed by atoms with Crippen LogP contribution in [0.15, 0.2) is 24.3 Å². The van der Waals surface area contributed by atoms with Gasteiger partial charge in [0.1, 0.15) is 0 Å². The second-order valence-corrected chi connectivity index (χ2v) is 9.98. The molecule has 1 aromatic carbocycles. The van der Waals surface area contributed by atoms with Gasteiger partial charge in [-0.3, -0.25) is 19.7 Å². The van der Waals surface area contributed by atoms with E-state index in [1.807, 2.05) is 13.8 Å². The molecule has 14 heteroatoms. The number of carboxylic acid groups (broad SMARTS) is 1. The van der Waals surface area contributed by atoms with Gasteiger partial charge in [-0.25, -0.2) is 4.98 Å². The van der Waals surface area contributed by atoms with Crippen LogP contribution in [0.1, 0.15) is 33.8 Å². The molecule has 2 aromatic rings. The van der Waals surface area contributed by atoms with Crippen LogP contribution in [0.25, 0.3) is 0 Å². The number of thiazole rings is 1. The number of nitrogens with one attached hydrogen (secondary N) is 2. The van der Waals surface area contributed by atoms with Crippen LogP contribution in [0.5, 0.6) is 0 Å². The smallest absolute Gasteiger partial charge is 0.305 e. The molecule has 42 heavy (non-hydrogen) atoms. The third-order valence-electron chi connectivity index (χ3n) is 5.49.